The lowest BCUT2D eigenvalue weighted by Crippen LogP contribution is -2.33. The zero-order chi connectivity index (χ0) is 22.7. The molecule has 32 heavy (non-hydrogen) atoms. The summed E-state index contributed by atoms with van der Waals surface area (Å²) in [4.78, 5) is 21.3. The van der Waals surface area contributed by atoms with E-state index in [-0.39, 0.29) is 17.9 Å². The normalized spacial score (nSPS) is 17.1. The summed E-state index contributed by atoms with van der Waals surface area (Å²) in [6, 6.07) is 18.8. The number of carbonyl (C=O) groups excluding carboxylic acids is 1. The SMILES string of the molecule is CC(=O)N(c1ccc(C)c(C)c1)c1nc(CN2CCC[C@@H]2[C@@H](C#N)c2ccccc2)cs1. The summed E-state index contributed by atoms with van der Waals surface area (Å²) in [5.41, 5.74) is 5.20. The second-order valence-corrected chi connectivity index (χ2v) is 9.28. The zero-order valence-corrected chi connectivity index (χ0v) is 19.6. The van der Waals surface area contributed by atoms with Gasteiger partial charge >= 0.3 is 0 Å². The Morgan fingerprint density at radius 3 is 2.72 bits per heavy atom. The molecule has 0 unspecified atom stereocenters. The Balaban J connectivity index is 1.54. The van der Waals surface area contributed by atoms with Crippen LogP contribution in [-0.2, 0) is 11.3 Å². The molecule has 1 amide bonds. The van der Waals surface area contributed by atoms with Gasteiger partial charge in [-0.05, 0) is 62.1 Å². The van der Waals surface area contributed by atoms with Gasteiger partial charge in [0.05, 0.1) is 23.4 Å². The van der Waals surface area contributed by atoms with Gasteiger partial charge in [-0.25, -0.2) is 4.98 Å². The van der Waals surface area contributed by atoms with Crippen LogP contribution in [0.15, 0.2) is 53.9 Å². The number of thiazole rings is 1. The van der Waals surface area contributed by atoms with E-state index in [9.17, 15) is 10.1 Å². The molecule has 1 aliphatic heterocycles. The fourth-order valence-corrected chi connectivity index (χ4v) is 5.32. The third kappa shape index (κ3) is 4.59. The average Bonchev–Trinajstić information content (AvgIpc) is 3.42. The summed E-state index contributed by atoms with van der Waals surface area (Å²) in [6.45, 7) is 7.33. The van der Waals surface area contributed by atoms with E-state index >= 15 is 0 Å². The predicted molar refractivity (Wildman–Crippen MR) is 129 cm³/mol. The summed E-state index contributed by atoms with van der Waals surface area (Å²) < 4.78 is 0. The van der Waals surface area contributed by atoms with Crippen molar-refractivity contribution in [2.75, 3.05) is 11.4 Å². The van der Waals surface area contributed by atoms with Gasteiger partial charge in [0.25, 0.3) is 0 Å². The zero-order valence-electron chi connectivity index (χ0n) is 18.8. The van der Waals surface area contributed by atoms with Gasteiger partial charge < -0.3 is 0 Å². The molecule has 4 rings (SSSR count). The second kappa shape index (κ2) is 9.64. The minimum atomic E-state index is -0.152. The Morgan fingerprint density at radius 2 is 2.03 bits per heavy atom. The van der Waals surface area contributed by atoms with Crippen LogP contribution in [0, 0.1) is 25.2 Å². The molecular weight excluding hydrogens is 416 g/mol. The molecule has 3 aromatic rings. The molecule has 5 nitrogen and oxygen atoms in total. The fourth-order valence-electron chi connectivity index (χ4n) is 4.44. The lowest BCUT2D eigenvalue weighted by molar-refractivity contribution is -0.115. The standard InChI is InChI=1S/C26H28N4OS/c1-18-11-12-23(14-19(18)2)30(20(3)31)26-28-22(17-32-26)16-29-13-7-10-25(29)24(15-27)21-8-5-4-6-9-21/h4-6,8-9,11-12,14,17,24-25H,7,10,13,16H2,1-3H3/t24-,25+/m0/s1. The van der Waals surface area contributed by atoms with Crippen LogP contribution in [0.2, 0.25) is 0 Å². The number of aromatic nitrogens is 1. The van der Waals surface area contributed by atoms with Gasteiger partial charge in [0.1, 0.15) is 0 Å². The van der Waals surface area contributed by atoms with Gasteiger partial charge in [0, 0.05) is 24.9 Å². The summed E-state index contributed by atoms with van der Waals surface area (Å²) in [7, 11) is 0. The average molecular weight is 445 g/mol. The van der Waals surface area contributed by atoms with Gasteiger partial charge in [-0.3, -0.25) is 14.6 Å². The van der Waals surface area contributed by atoms with Crippen LogP contribution < -0.4 is 4.90 Å². The number of aryl methyl sites for hydroxylation is 2. The number of anilines is 2. The topological polar surface area (TPSA) is 60.2 Å². The molecule has 2 atom stereocenters. The van der Waals surface area contributed by atoms with E-state index < -0.39 is 0 Å². The number of benzene rings is 2. The molecule has 1 aromatic heterocycles. The molecule has 0 N–H and O–H groups in total. The van der Waals surface area contributed by atoms with Crippen molar-refractivity contribution >= 4 is 28.1 Å². The molecule has 1 aliphatic rings. The molecule has 2 heterocycles. The number of hydrogen-bond donors (Lipinski definition) is 0. The van der Waals surface area contributed by atoms with Crippen LogP contribution in [0.5, 0.6) is 0 Å². The number of hydrogen-bond acceptors (Lipinski definition) is 5. The van der Waals surface area contributed by atoms with E-state index in [2.05, 4.69) is 24.8 Å². The summed E-state index contributed by atoms with van der Waals surface area (Å²) in [6.07, 6.45) is 2.08. The Labute approximate surface area is 193 Å². The van der Waals surface area contributed by atoms with Crippen molar-refractivity contribution in [3.05, 3.63) is 76.3 Å². The molecule has 6 heteroatoms. The second-order valence-electron chi connectivity index (χ2n) is 8.44. The van der Waals surface area contributed by atoms with Crippen LogP contribution in [0.25, 0.3) is 0 Å². The van der Waals surface area contributed by atoms with Crippen LogP contribution in [0.4, 0.5) is 10.8 Å². The third-order valence-electron chi connectivity index (χ3n) is 6.26. The molecule has 0 aliphatic carbocycles. The van der Waals surface area contributed by atoms with Crippen molar-refractivity contribution < 1.29 is 4.79 Å². The van der Waals surface area contributed by atoms with Gasteiger partial charge in [-0.15, -0.1) is 11.3 Å². The fraction of sp³-hybridized carbons (Fsp3) is 0.346. The number of amides is 1. The Bertz CT molecular complexity index is 1130. The van der Waals surface area contributed by atoms with E-state index in [1.54, 1.807) is 11.8 Å². The third-order valence-corrected chi connectivity index (χ3v) is 7.13. The van der Waals surface area contributed by atoms with Gasteiger partial charge in [-0.1, -0.05) is 36.4 Å². The van der Waals surface area contributed by atoms with Crippen molar-refractivity contribution in [3.63, 3.8) is 0 Å². The van der Waals surface area contributed by atoms with Crippen LogP contribution >= 0.6 is 11.3 Å². The molecule has 0 bridgehead atoms. The van der Waals surface area contributed by atoms with Crippen LogP contribution in [-0.4, -0.2) is 28.4 Å². The quantitative estimate of drug-likeness (QED) is 0.488. The van der Waals surface area contributed by atoms with Gasteiger partial charge in [0.2, 0.25) is 5.91 Å². The Morgan fingerprint density at radius 1 is 1.25 bits per heavy atom. The highest BCUT2D eigenvalue weighted by molar-refractivity contribution is 7.14. The highest BCUT2D eigenvalue weighted by Crippen LogP contribution is 2.34. The molecule has 0 saturated carbocycles. The number of nitrogens with zero attached hydrogens (tertiary/aromatic N) is 4. The van der Waals surface area contributed by atoms with Crippen molar-refractivity contribution in [2.45, 2.75) is 52.1 Å². The molecule has 2 aromatic carbocycles. The van der Waals surface area contributed by atoms with E-state index in [4.69, 9.17) is 4.98 Å². The monoisotopic (exact) mass is 444 g/mol. The first-order valence-corrected chi connectivity index (χ1v) is 11.9. The maximum atomic E-state index is 12.5. The van der Waals surface area contributed by atoms with Crippen molar-refractivity contribution in [3.8, 4) is 6.07 Å². The smallest absolute Gasteiger partial charge is 0.230 e. The molecule has 164 valence electrons. The summed E-state index contributed by atoms with van der Waals surface area (Å²) in [5, 5.41) is 12.6. The Kier molecular flexibility index (Phi) is 6.69. The highest BCUT2D eigenvalue weighted by Gasteiger charge is 2.33. The van der Waals surface area contributed by atoms with Crippen LogP contribution in [0.3, 0.4) is 0 Å². The van der Waals surface area contributed by atoms with Crippen molar-refractivity contribution in [1.82, 2.24) is 9.88 Å². The van der Waals surface area contributed by atoms with Gasteiger partial charge in [0.15, 0.2) is 5.13 Å². The van der Waals surface area contributed by atoms with Gasteiger partial charge in [-0.2, -0.15) is 5.26 Å². The number of carbonyl (C=O) groups is 1. The maximum Gasteiger partial charge on any atom is 0.230 e. The minimum absolute atomic E-state index is 0.0539. The van der Waals surface area contributed by atoms with Crippen LogP contribution in [0.1, 0.15) is 48.1 Å². The largest absolute Gasteiger partial charge is 0.293 e. The van der Waals surface area contributed by atoms with E-state index in [0.29, 0.717) is 11.7 Å². The summed E-state index contributed by atoms with van der Waals surface area (Å²) in [5.74, 6) is -0.206. The summed E-state index contributed by atoms with van der Waals surface area (Å²) >= 11 is 1.49. The molecule has 1 fully saturated rings. The first kappa shape index (κ1) is 22.2. The first-order valence-electron chi connectivity index (χ1n) is 11.0. The lowest BCUT2D eigenvalue weighted by atomic mass is 9.91. The number of likely N-dealkylation sites (tertiary alicyclic amines) is 1. The minimum Gasteiger partial charge on any atom is -0.293 e. The molecular formula is C26H28N4OS. The molecule has 0 spiro atoms. The molecule has 0 radical (unpaired) electrons. The molecule has 1 saturated heterocycles. The lowest BCUT2D eigenvalue weighted by Gasteiger charge is -2.27. The number of nitriles is 1. The number of rotatable bonds is 6. The van der Waals surface area contributed by atoms with Crippen molar-refractivity contribution in [1.29, 1.82) is 5.26 Å². The van der Waals surface area contributed by atoms with E-state index in [1.165, 1.54) is 16.9 Å². The predicted octanol–water partition coefficient (Wildman–Crippen LogP) is 5.72. The van der Waals surface area contributed by atoms with E-state index in [1.807, 2.05) is 53.9 Å². The van der Waals surface area contributed by atoms with Crippen molar-refractivity contribution in [2.24, 2.45) is 0 Å². The maximum absolute atomic E-state index is 12.5. The Hall–Kier alpha value is -3.01. The highest BCUT2D eigenvalue weighted by atomic mass is 32.1. The van der Waals surface area contributed by atoms with E-state index in [0.717, 1.165) is 41.9 Å². The first-order chi connectivity index (χ1) is 15.5.